The normalized spacial score (nSPS) is 20.0. The fourth-order valence-corrected chi connectivity index (χ4v) is 3.29. The van der Waals surface area contributed by atoms with Gasteiger partial charge in [-0.25, -0.2) is 0 Å². The maximum Gasteiger partial charge on any atom is 0.230 e. The lowest BCUT2D eigenvalue weighted by atomic mass is 9.81. The predicted molar refractivity (Wildman–Crippen MR) is 96.9 cm³/mol. The van der Waals surface area contributed by atoms with E-state index in [1.807, 2.05) is 23.6 Å². The molecule has 0 spiro atoms. The molecule has 1 aliphatic rings. The van der Waals surface area contributed by atoms with Crippen molar-refractivity contribution >= 4 is 24.2 Å². The summed E-state index contributed by atoms with van der Waals surface area (Å²) in [6.07, 6.45) is 3.01. The van der Waals surface area contributed by atoms with Crippen molar-refractivity contribution in [3.05, 3.63) is 0 Å². The van der Waals surface area contributed by atoms with E-state index < -0.39 is 5.41 Å². The smallest absolute Gasteiger partial charge is 0.230 e. The Labute approximate surface area is 147 Å². The van der Waals surface area contributed by atoms with Crippen LogP contribution >= 0.6 is 12.4 Å². The zero-order valence-electron chi connectivity index (χ0n) is 15.2. The van der Waals surface area contributed by atoms with Crippen molar-refractivity contribution in [3.63, 3.8) is 0 Å². The summed E-state index contributed by atoms with van der Waals surface area (Å²) < 4.78 is 0. The quantitative estimate of drug-likeness (QED) is 0.696. The first-order chi connectivity index (χ1) is 10.5. The molecule has 1 heterocycles. The summed E-state index contributed by atoms with van der Waals surface area (Å²) in [6, 6.07) is 0. The van der Waals surface area contributed by atoms with Gasteiger partial charge < -0.3 is 15.1 Å². The lowest BCUT2D eigenvalue weighted by Crippen LogP contribution is -2.48. The molecule has 23 heavy (non-hydrogen) atoms. The summed E-state index contributed by atoms with van der Waals surface area (Å²) in [6.45, 7) is 12.6. The SMILES string of the molecule is CCCN(CC)C(=O)CC1(C(=O)N(CC)CCC)CCNC1.Cl. The van der Waals surface area contributed by atoms with Gasteiger partial charge >= 0.3 is 0 Å². The Morgan fingerprint density at radius 1 is 1.00 bits per heavy atom. The molecule has 1 unspecified atom stereocenters. The van der Waals surface area contributed by atoms with Crippen LogP contribution < -0.4 is 5.32 Å². The van der Waals surface area contributed by atoms with Crippen LogP contribution in [0.15, 0.2) is 0 Å². The Kier molecular flexibility index (Phi) is 10.5. The van der Waals surface area contributed by atoms with Crippen molar-refractivity contribution in [1.29, 1.82) is 0 Å². The zero-order chi connectivity index (χ0) is 16.6. The molecule has 0 aromatic carbocycles. The van der Waals surface area contributed by atoms with Crippen molar-refractivity contribution in [3.8, 4) is 0 Å². The molecule has 6 heteroatoms. The molecule has 1 N–H and O–H groups in total. The third kappa shape index (κ3) is 5.64. The summed E-state index contributed by atoms with van der Waals surface area (Å²) in [5.41, 5.74) is -0.538. The maximum absolute atomic E-state index is 13.0. The fourth-order valence-electron chi connectivity index (χ4n) is 3.29. The van der Waals surface area contributed by atoms with Crippen LogP contribution in [0.1, 0.15) is 53.4 Å². The molecule has 1 atom stereocenters. The van der Waals surface area contributed by atoms with Crippen LogP contribution in [0.5, 0.6) is 0 Å². The number of hydrogen-bond acceptors (Lipinski definition) is 3. The van der Waals surface area contributed by atoms with Gasteiger partial charge in [-0.3, -0.25) is 9.59 Å². The van der Waals surface area contributed by atoms with E-state index in [1.54, 1.807) is 0 Å². The van der Waals surface area contributed by atoms with Gasteiger partial charge in [-0.2, -0.15) is 0 Å². The Bertz CT molecular complexity index is 371. The maximum atomic E-state index is 13.0. The summed E-state index contributed by atoms with van der Waals surface area (Å²) in [4.78, 5) is 29.4. The molecule has 1 saturated heterocycles. The summed E-state index contributed by atoms with van der Waals surface area (Å²) in [5.74, 6) is 0.275. The average Bonchev–Trinajstić information content (AvgIpc) is 2.99. The van der Waals surface area contributed by atoms with Crippen LogP contribution in [0.2, 0.25) is 0 Å². The van der Waals surface area contributed by atoms with Gasteiger partial charge in [0.1, 0.15) is 0 Å². The van der Waals surface area contributed by atoms with E-state index in [0.29, 0.717) is 13.0 Å². The molecule has 1 aliphatic heterocycles. The number of nitrogens with one attached hydrogen (secondary N) is 1. The number of rotatable bonds is 9. The summed E-state index contributed by atoms with van der Waals surface area (Å²) in [5, 5.41) is 3.29. The highest BCUT2D eigenvalue weighted by atomic mass is 35.5. The molecular weight excluding hydrogens is 314 g/mol. The Morgan fingerprint density at radius 2 is 1.57 bits per heavy atom. The van der Waals surface area contributed by atoms with Gasteiger partial charge in [-0.05, 0) is 39.7 Å². The van der Waals surface area contributed by atoms with Gasteiger partial charge in [0.05, 0.1) is 5.41 Å². The molecule has 0 aromatic rings. The average molecular weight is 348 g/mol. The minimum absolute atomic E-state index is 0. The molecule has 0 radical (unpaired) electrons. The number of halogens is 1. The van der Waals surface area contributed by atoms with Gasteiger partial charge in [0.2, 0.25) is 11.8 Å². The molecule has 0 bridgehead atoms. The lowest BCUT2D eigenvalue weighted by molar-refractivity contribution is -0.147. The van der Waals surface area contributed by atoms with E-state index >= 15 is 0 Å². The second-order valence-corrected chi connectivity index (χ2v) is 6.24. The number of amides is 2. The molecule has 0 aromatic heterocycles. The number of hydrogen-bond donors (Lipinski definition) is 1. The number of nitrogens with zero attached hydrogens (tertiary/aromatic N) is 2. The van der Waals surface area contributed by atoms with Crippen molar-refractivity contribution < 1.29 is 9.59 Å². The third-order valence-electron chi connectivity index (χ3n) is 4.58. The standard InChI is InChI=1S/C17H33N3O2.ClH/c1-5-11-19(7-3)15(21)13-17(9-10-18-14-17)16(22)20(8-4)12-6-2;/h18H,5-14H2,1-4H3;1H. The fraction of sp³-hybridized carbons (Fsp3) is 0.882. The van der Waals surface area contributed by atoms with Gasteiger partial charge in [-0.15, -0.1) is 12.4 Å². The molecule has 1 rings (SSSR count). The van der Waals surface area contributed by atoms with Crippen LogP contribution in [0, 0.1) is 5.41 Å². The van der Waals surface area contributed by atoms with Crippen LogP contribution in [0.25, 0.3) is 0 Å². The van der Waals surface area contributed by atoms with E-state index in [1.165, 1.54) is 0 Å². The molecular formula is C17H34ClN3O2. The van der Waals surface area contributed by atoms with Crippen molar-refractivity contribution in [2.75, 3.05) is 39.3 Å². The van der Waals surface area contributed by atoms with Crippen LogP contribution in [-0.2, 0) is 9.59 Å². The van der Waals surface area contributed by atoms with E-state index in [0.717, 1.165) is 52.0 Å². The highest BCUT2D eigenvalue weighted by Crippen LogP contribution is 2.33. The van der Waals surface area contributed by atoms with Crippen LogP contribution in [0.3, 0.4) is 0 Å². The third-order valence-corrected chi connectivity index (χ3v) is 4.58. The van der Waals surface area contributed by atoms with E-state index in [2.05, 4.69) is 19.2 Å². The van der Waals surface area contributed by atoms with Gasteiger partial charge in [0.15, 0.2) is 0 Å². The molecule has 0 saturated carbocycles. The molecule has 1 fully saturated rings. The van der Waals surface area contributed by atoms with Gasteiger partial charge in [-0.1, -0.05) is 13.8 Å². The second kappa shape index (κ2) is 10.9. The zero-order valence-corrected chi connectivity index (χ0v) is 16.0. The van der Waals surface area contributed by atoms with Crippen molar-refractivity contribution in [2.24, 2.45) is 5.41 Å². The highest BCUT2D eigenvalue weighted by molar-refractivity contribution is 5.89. The Morgan fingerprint density at radius 3 is 2.00 bits per heavy atom. The number of carbonyl (C=O) groups is 2. The van der Waals surface area contributed by atoms with E-state index in [4.69, 9.17) is 0 Å². The first-order valence-electron chi connectivity index (χ1n) is 8.82. The number of carbonyl (C=O) groups excluding carboxylic acids is 2. The second-order valence-electron chi connectivity index (χ2n) is 6.24. The minimum atomic E-state index is -0.538. The minimum Gasteiger partial charge on any atom is -0.343 e. The van der Waals surface area contributed by atoms with Crippen molar-refractivity contribution in [2.45, 2.75) is 53.4 Å². The van der Waals surface area contributed by atoms with E-state index in [9.17, 15) is 9.59 Å². The van der Waals surface area contributed by atoms with Gasteiger partial charge in [0.25, 0.3) is 0 Å². The van der Waals surface area contributed by atoms with Gasteiger partial charge in [0, 0.05) is 39.1 Å². The van der Waals surface area contributed by atoms with E-state index in [-0.39, 0.29) is 24.2 Å². The molecule has 2 amide bonds. The first kappa shape index (κ1) is 22.2. The molecule has 5 nitrogen and oxygen atoms in total. The largest absolute Gasteiger partial charge is 0.343 e. The monoisotopic (exact) mass is 347 g/mol. The van der Waals surface area contributed by atoms with Crippen LogP contribution in [-0.4, -0.2) is 60.9 Å². The Hall–Kier alpha value is -0.810. The molecule has 136 valence electrons. The summed E-state index contributed by atoms with van der Waals surface area (Å²) in [7, 11) is 0. The lowest BCUT2D eigenvalue weighted by Gasteiger charge is -2.34. The first-order valence-corrected chi connectivity index (χ1v) is 8.82. The van der Waals surface area contributed by atoms with Crippen molar-refractivity contribution in [1.82, 2.24) is 15.1 Å². The highest BCUT2D eigenvalue weighted by Gasteiger charge is 2.45. The molecule has 0 aliphatic carbocycles. The topological polar surface area (TPSA) is 52.7 Å². The van der Waals surface area contributed by atoms with Crippen LogP contribution in [0.4, 0.5) is 0 Å². The predicted octanol–water partition coefficient (Wildman–Crippen LogP) is 2.30. The Balaban J connectivity index is 0.00000484. The summed E-state index contributed by atoms with van der Waals surface area (Å²) >= 11 is 0.